The zero-order valence-electron chi connectivity index (χ0n) is 13.6. The molecule has 0 aliphatic heterocycles. The van der Waals surface area contributed by atoms with Crippen LogP contribution in [0.4, 0.5) is 0 Å². The second-order valence-electron chi connectivity index (χ2n) is 6.44. The summed E-state index contributed by atoms with van der Waals surface area (Å²) in [4.78, 5) is 14.7. The Morgan fingerprint density at radius 1 is 1.08 bits per heavy atom. The number of rotatable bonds is 7. The molecular weight excluding hydrogens is 302 g/mol. The maximum absolute atomic E-state index is 12.9. The lowest BCUT2D eigenvalue weighted by atomic mass is 10.1. The van der Waals surface area contributed by atoms with Crippen LogP contribution in [0.25, 0.3) is 0 Å². The quantitative estimate of drug-likeness (QED) is 0.823. The molecule has 3 rings (SSSR count). The smallest absolute Gasteiger partial charge is 0.227 e. The summed E-state index contributed by atoms with van der Waals surface area (Å²) in [5, 5.41) is 19.4. The molecule has 4 heteroatoms. The minimum atomic E-state index is -0.130. The normalized spacial score (nSPS) is 15.0. The van der Waals surface area contributed by atoms with Crippen molar-refractivity contribution in [1.82, 2.24) is 4.90 Å². The molecule has 0 bridgehead atoms. The highest BCUT2D eigenvalue weighted by molar-refractivity contribution is 5.79. The minimum Gasteiger partial charge on any atom is -0.508 e. The van der Waals surface area contributed by atoms with Gasteiger partial charge in [-0.05, 0) is 42.0 Å². The predicted octanol–water partition coefficient (Wildman–Crippen LogP) is 2.73. The van der Waals surface area contributed by atoms with Crippen molar-refractivity contribution in [2.75, 3.05) is 6.61 Å². The third kappa shape index (κ3) is 4.15. The molecule has 1 atom stereocenters. The molecule has 1 aliphatic rings. The first-order chi connectivity index (χ1) is 11.7. The lowest BCUT2D eigenvalue weighted by molar-refractivity contribution is -0.135. The third-order valence-electron chi connectivity index (χ3n) is 4.54. The summed E-state index contributed by atoms with van der Waals surface area (Å²) >= 11 is 0. The number of amides is 1. The van der Waals surface area contributed by atoms with Gasteiger partial charge >= 0.3 is 0 Å². The number of phenolic OH excluding ortho intramolecular Hbond substituents is 1. The van der Waals surface area contributed by atoms with E-state index in [1.54, 1.807) is 23.1 Å². The largest absolute Gasteiger partial charge is 0.508 e. The Morgan fingerprint density at radius 2 is 1.79 bits per heavy atom. The maximum atomic E-state index is 12.9. The lowest BCUT2D eigenvalue weighted by Crippen LogP contribution is -2.44. The van der Waals surface area contributed by atoms with E-state index in [1.165, 1.54) is 0 Å². The van der Waals surface area contributed by atoms with Crippen molar-refractivity contribution >= 4 is 5.91 Å². The van der Waals surface area contributed by atoms with E-state index in [-0.39, 0.29) is 30.7 Å². The number of carbonyl (C=O) groups excluding carboxylic acids is 1. The first-order valence-electron chi connectivity index (χ1n) is 8.39. The number of aliphatic hydroxyl groups excluding tert-OH is 1. The average Bonchev–Trinajstić information content (AvgIpc) is 3.40. The van der Waals surface area contributed by atoms with Gasteiger partial charge in [0, 0.05) is 6.54 Å². The summed E-state index contributed by atoms with van der Waals surface area (Å²) in [6.07, 6.45) is 2.36. The third-order valence-corrected chi connectivity index (χ3v) is 4.54. The molecule has 126 valence electrons. The van der Waals surface area contributed by atoms with E-state index in [9.17, 15) is 15.0 Å². The van der Waals surface area contributed by atoms with Crippen LogP contribution < -0.4 is 0 Å². The second-order valence-corrected chi connectivity index (χ2v) is 6.44. The monoisotopic (exact) mass is 325 g/mol. The first-order valence-corrected chi connectivity index (χ1v) is 8.39. The molecule has 24 heavy (non-hydrogen) atoms. The Hall–Kier alpha value is -2.33. The van der Waals surface area contributed by atoms with E-state index < -0.39 is 0 Å². The fourth-order valence-corrected chi connectivity index (χ4v) is 3.10. The van der Waals surface area contributed by atoms with Gasteiger partial charge in [0.25, 0.3) is 0 Å². The number of carbonyl (C=O) groups is 1. The van der Waals surface area contributed by atoms with Crippen molar-refractivity contribution in [3.63, 3.8) is 0 Å². The van der Waals surface area contributed by atoms with Gasteiger partial charge < -0.3 is 15.1 Å². The summed E-state index contributed by atoms with van der Waals surface area (Å²) in [7, 11) is 0. The molecule has 0 saturated heterocycles. The van der Waals surface area contributed by atoms with Gasteiger partial charge in [0.1, 0.15) is 5.75 Å². The molecule has 0 heterocycles. The molecule has 0 aromatic heterocycles. The Bertz CT molecular complexity index is 682. The van der Waals surface area contributed by atoms with E-state index in [4.69, 9.17) is 0 Å². The molecule has 1 unspecified atom stereocenters. The number of phenols is 1. The van der Waals surface area contributed by atoms with Gasteiger partial charge in [-0.3, -0.25) is 4.79 Å². The van der Waals surface area contributed by atoms with Crippen LogP contribution in [0, 0.1) is 5.92 Å². The number of aromatic hydroxyl groups is 1. The molecule has 2 N–H and O–H groups in total. The van der Waals surface area contributed by atoms with Crippen LogP contribution >= 0.6 is 0 Å². The number of hydrogen-bond donors (Lipinski definition) is 2. The topological polar surface area (TPSA) is 60.8 Å². The number of hydrogen-bond acceptors (Lipinski definition) is 3. The number of aliphatic hydroxyl groups is 1. The lowest BCUT2D eigenvalue weighted by Gasteiger charge is -2.31. The van der Waals surface area contributed by atoms with E-state index in [2.05, 4.69) is 0 Å². The van der Waals surface area contributed by atoms with Gasteiger partial charge in [-0.1, -0.05) is 42.5 Å². The number of nitrogens with zero attached hydrogens (tertiary/aromatic N) is 1. The van der Waals surface area contributed by atoms with Crippen molar-refractivity contribution in [2.24, 2.45) is 5.92 Å². The van der Waals surface area contributed by atoms with E-state index in [1.807, 2.05) is 36.4 Å². The van der Waals surface area contributed by atoms with Crippen LogP contribution in [0.15, 0.2) is 54.6 Å². The van der Waals surface area contributed by atoms with Gasteiger partial charge in [0.2, 0.25) is 5.91 Å². The average molecular weight is 325 g/mol. The van der Waals surface area contributed by atoms with Crippen LogP contribution in [0.1, 0.15) is 24.0 Å². The van der Waals surface area contributed by atoms with Crippen LogP contribution in [0.3, 0.4) is 0 Å². The van der Waals surface area contributed by atoms with Crippen molar-refractivity contribution in [3.05, 3.63) is 65.7 Å². The van der Waals surface area contributed by atoms with Crippen LogP contribution in [0.2, 0.25) is 0 Å². The van der Waals surface area contributed by atoms with E-state index in [0.29, 0.717) is 12.5 Å². The van der Waals surface area contributed by atoms with Crippen LogP contribution in [-0.4, -0.2) is 33.7 Å². The highest BCUT2D eigenvalue weighted by atomic mass is 16.3. The van der Waals surface area contributed by atoms with Gasteiger partial charge in [-0.2, -0.15) is 0 Å². The van der Waals surface area contributed by atoms with Crippen LogP contribution in [-0.2, 0) is 17.8 Å². The van der Waals surface area contributed by atoms with Gasteiger partial charge in [-0.25, -0.2) is 0 Å². The molecule has 0 radical (unpaired) electrons. The molecule has 0 spiro atoms. The summed E-state index contributed by atoms with van der Waals surface area (Å²) in [6.45, 7) is 0.490. The highest BCUT2D eigenvalue weighted by Crippen LogP contribution is 2.36. The predicted molar refractivity (Wildman–Crippen MR) is 92.4 cm³/mol. The summed E-state index contributed by atoms with van der Waals surface area (Å²) < 4.78 is 0. The molecule has 2 aromatic carbocycles. The van der Waals surface area contributed by atoms with Crippen LogP contribution in [0.5, 0.6) is 5.75 Å². The van der Waals surface area contributed by atoms with Crippen molar-refractivity contribution in [2.45, 2.75) is 31.8 Å². The maximum Gasteiger partial charge on any atom is 0.227 e. The Morgan fingerprint density at radius 3 is 2.42 bits per heavy atom. The Balaban J connectivity index is 1.78. The molecule has 4 nitrogen and oxygen atoms in total. The highest BCUT2D eigenvalue weighted by Gasteiger charge is 2.36. The summed E-state index contributed by atoms with van der Waals surface area (Å²) in [6, 6.07) is 16.5. The number of benzene rings is 2. The van der Waals surface area contributed by atoms with E-state index >= 15 is 0 Å². The standard InChI is InChI=1S/C20H23NO3/c22-14-19(17-9-10-17)21(13-15-5-2-1-3-6-15)20(24)12-16-7-4-8-18(23)11-16/h1-8,11,17,19,22-23H,9-10,12-14H2. The van der Waals surface area contributed by atoms with Crippen molar-refractivity contribution in [3.8, 4) is 5.75 Å². The molecule has 1 fully saturated rings. The zero-order valence-corrected chi connectivity index (χ0v) is 13.6. The summed E-state index contributed by atoms with van der Waals surface area (Å²) in [5.74, 6) is 0.540. The molecular formula is C20H23NO3. The van der Waals surface area contributed by atoms with Crippen molar-refractivity contribution < 1.29 is 15.0 Å². The van der Waals surface area contributed by atoms with Gasteiger partial charge in [0.15, 0.2) is 0 Å². The molecule has 2 aromatic rings. The summed E-state index contributed by atoms with van der Waals surface area (Å²) in [5.41, 5.74) is 1.84. The zero-order chi connectivity index (χ0) is 16.9. The fraction of sp³-hybridized carbons (Fsp3) is 0.350. The SMILES string of the molecule is O=C(Cc1cccc(O)c1)N(Cc1ccccc1)C(CO)C1CC1. The Labute approximate surface area is 142 Å². The van der Waals surface area contributed by atoms with E-state index in [0.717, 1.165) is 24.0 Å². The molecule has 1 amide bonds. The molecule has 1 aliphatic carbocycles. The molecule has 1 saturated carbocycles. The van der Waals surface area contributed by atoms with Gasteiger partial charge in [-0.15, -0.1) is 0 Å². The first kappa shape index (κ1) is 16.5. The second kappa shape index (κ2) is 7.49. The Kier molecular flexibility index (Phi) is 5.16. The minimum absolute atomic E-state index is 0.0106. The fourth-order valence-electron chi connectivity index (χ4n) is 3.10. The van der Waals surface area contributed by atoms with Crippen molar-refractivity contribution in [1.29, 1.82) is 0 Å². The van der Waals surface area contributed by atoms with Gasteiger partial charge in [0.05, 0.1) is 19.1 Å².